The van der Waals surface area contributed by atoms with Gasteiger partial charge in [-0.3, -0.25) is 14.4 Å². The van der Waals surface area contributed by atoms with Crippen molar-refractivity contribution in [3.05, 3.63) is 23.8 Å². The normalized spacial score (nSPS) is 44.7. The van der Waals surface area contributed by atoms with Crippen molar-refractivity contribution in [2.45, 2.75) is 91.0 Å². The zero-order chi connectivity index (χ0) is 26.2. The number of rotatable bonds is 5. The smallest absolute Gasteiger partial charge is 0.312 e. The first kappa shape index (κ1) is 26.2. The third kappa shape index (κ3) is 3.16. The van der Waals surface area contributed by atoms with E-state index in [-0.39, 0.29) is 18.1 Å². The maximum atomic E-state index is 17.3. The van der Waals surface area contributed by atoms with Gasteiger partial charge >= 0.3 is 5.97 Å². The molecule has 6 nitrogen and oxygen atoms in total. The van der Waals surface area contributed by atoms with Crippen LogP contribution in [0.3, 0.4) is 0 Å². The summed E-state index contributed by atoms with van der Waals surface area (Å²) in [6, 6.07) is 0. The Hall–Kier alpha value is -1.86. The quantitative estimate of drug-likeness (QED) is 0.567. The lowest BCUT2D eigenvalue weighted by Crippen LogP contribution is -2.70. The first-order chi connectivity index (χ1) is 16.2. The van der Waals surface area contributed by atoms with Crippen LogP contribution in [0.1, 0.15) is 73.6 Å². The minimum atomic E-state index is -2.04. The van der Waals surface area contributed by atoms with Crippen LogP contribution in [0.4, 0.5) is 4.39 Å². The number of carbonyl (C=O) groups is 3. The molecule has 3 fully saturated rings. The summed E-state index contributed by atoms with van der Waals surface area (Å²) in [5.41, 5.74) is -6.05. The Kier molecular flexibility index (Phi) is 6.04. The van der Waals surface area contributed by atoms with Gasteiger partial charge in [0.25, 0.3) is 0 Å². The minimum Gasteiger partial charge on any atom is -0.450 e. The van der Waals surface area contributed by atoms with Crippen LogP contribution in [0.5, 0.6) is 0 Å². The van der Waals surface area contributed by atoms with Crippen molar-refractivity contribution in [3.63, 3.8) is 0 Å². The molecule has 0 unspecified atom stereocenters. The lowest BCUT2D eigenvalue weighted by atomic mass is 9.44. The Bertz CT molecular complexity index is 1010. The molecule has 2 N–H and O–H groups in total. The zero-order valence-corrected chi connectivity index (χ0v) is 21.7. The fraction of sp³-hybridized carbons (Fsp3) is 0.750. The second-order valence-electron chi connectivity index (χ2n) is 12.3. The highest BCUT2D eigenvalue weighted by atomic mass is 19.1. The van der Waals surface area contributed by atoms with Gasteiger partial charge in [0.05, 0.1) is 11.5 Å². The summed E-state index contributed by atoms with van der Waals surface area (Å²) >= 11 is 0. The molecule has 4 aliphatic carbocycles. The maximum absolute atomic E-state index is 17.3. The number of Topliss-reactive ketones (excluding diaryl/α,β-unsaturated/α-hetero) is 1. The Balaban J connectivity index is 1.84. The summed E-state index contributed by atoms with van der Waals surface area (Å²) in [5, 5.41) is 21.5. The highest BCUT2D eigenvalue weighted by Gasteiger charge is 2.77. The number of halogens is 1. The first-order valence-corrected chi connectivity index (χ1v) is 12.8. The third-order valence-electron chi connectivity index (χ3n) is 10.4. The van der Waals surface area contributed by atoms with Gasteiger partial charge in [-0.1, -0.05) is 32.4 Å². The van der Waals surface area contributed by atoms with E-state index >= 15 is 4.39 Å². The number of aliphatic hydroxyl groups excluding tert-OH is 2. The first-order valence-electron chi connectivity index (χ1n) is 12.8. The van der Waals surface area contributed by atoms with Crippen LogP contribution in [0.2, 0.25) is 0 Å². The standard InChI is InChI=1S/C28H39FO6/c1-7-24(3,4)23(34)35-28(22(33)15-30)16(2)12-20-19-9-8-17-13-18(31)10-11-25(17,5)27(19,29)21(32)14-26(20,28)6/h10-11,13,16,19-21,30,32H,7-9,12,14-15H2,1-6H3/t16-,19+,20+,21+,25+,26+,27+,28+/m1/s1. The molecule has 0 amide bonds. The van der Waals surface area contributed by atoms with Gasteiger partial charge in [-0.2, -0.15) is 0 Å². The Morgan fingerprint density at radius 3 is 2.51 bits per heavy atom. The Labute approximate surface area is 207 Å². The molecule has 0 saturated heterocycles. The molecule has 0 radical (unpaired) electrons. The van der Waals surface area contributed by atoms with Gasteiger partial charge in [0.2, 0.25) is 5.78 Å². The molecule has 0 bridgehead atoms. The highest BCUT2D eigenvalue weighted by molar-refractivity contribution is 6.01. The molecule has 4 rings (SSSR count). The van der Waals surface area contributed by atoms with Crippen molar-refractivity contribution in [3.8, 4) is 0 Å². The molecule has 8 atom stereocenters. The molecule has 7 heteroatoms. The summed E-state index contributed by atoms with van der Waals surface area (Å²) < 4.78 is 23.5. The van der Waals surface area contributed by atoms with E-state index in [1.807, 2.05) is 20.8 Å². The van der Waals surface area contributed by atoms with Crippen LogP contribution in [0, 0.1) is 34.0 Å². The molecule has 0 aromatic heterocycles. The van der Waals surface area contributed by atoms with Crippen molar-refractivity contribution in [1.29, 1.82) is 0 Å². The topological polar surface area (TPSA) is 101 Å². The summed E-state index contributed by atoms with van der Waals surface area (Å²) in [6.45, 7) is 9.95. The number of aliphatic hydroxyl groups is 2. The summed E-state index contributed by atoms with van der Waals surface area (Å²) in [4.78, 5) is 38.8. The fourth-order valence-electron chi connectivity index (χ4n) is 7.94. The van der Waals surface area contributed by atoms with Crippen LogP contribution in [-0.2, 0) is 19.1 Å². The van der Waals surface area contributed by atoms with Gasteiger partial charge in [0.15, 0.2) is 17.1 Å². The molecule has 0 aromatic carbocycles. The maximum Gasteiger partial charge on any atom is 0.312 e. The Morgan fingerprint density at radius 1 is 1.26 bits per heavy atom. The molecule has 4 aliphatic rings. The number of hydrogen-bond donors (Lipinski definition) is 2. The van der Waals surface area contributed by atoms with Crippen molar-refractivity contribution in [1.82, 2.24) is 0 Å². The molecule has 3 saturated carbocycles. The largest absolute Gasteiger partial charge is 0.450 e. The second-order valence-corrected chi connectivity index (χ2v) is 12.3. The van der Waals surface area contributed by atoms with Crippen molar-refractivity contribution >= 4 is 17.5 Å². The number of ether oxygens (including phenoxy) is 1. The number of allylic oxidation sites excluding steroid dienone is 4. The van der Waals surface area contributed by atoms with Gasteiger partial charge in [0, 0.05) is 22.7 Å². The fourth-order valence-corrected chi connectivity index (χ4v) is 7.94. The van der Waals surface area contributed by atoms with Crippen LogP contribution in [0.15, 0.2) is 23.8 Å². The number of esters is 1. The van der Waals surface area contributed by atoms with Gasteiger partial charge in [-0.15, -0.1) is 0 Å². The number of hydrogen-bond acceptors (Lipinski definition) is 6. The number of ketones is 2. The van der Waals surface area contributed by atoms with Gasteiger partial charge in [-0.05, 0) is 70.9 Å². The van der Waals surface area contributed by atoms with Crippen LogP contribution in [0.25, 0.3) is 0 Å². The van der Waals surface area contributed by atoms with Crippen LogP contribution in [-0.4, -0.2) is 51.7 Å². The lowest BCUT2D eigenvalue weighted by Gasteiger charge is -2.62. The lowest BCUT2D eigenvalue weighted by molar-refractivity contribution is -0.231. The van der Waals surface area contributed by atoms with Crippen molar-refractivity contribution in [2.75, 3.05) is 6.61 Å². The molecule has 0 aromatic rings. The SMILES string of the molecule is CCC(C)(C)C(=O)O[C@]1(C(=O)CO)[C@H](C)C[C@H]2[C@@H]3CCC4=CC(=O)C=C[C@]4(C)[C@@]3(F)[C@@H](O)C[C@@]21C. The predicted molar refractivity (Wildman–Crippen MR) is 128 cm³/mol. The number of carbonyl (C=O) groups excluding carboxylic acids is 3. The Morgan fingerprint density at radius 2 is 1.91 bits per heavy atom. The highest BCUT2D eigenvalue weighted by Crippen LogP contribution is 2.71. The molecule has 194 valence electrons. The van der Waals surface area contributed by atoms with Gasteiger partial charge in [-0.25, -0.2) is 4.39 Å². The minimum absolute atomic E-state index is 0.0920. The average Bonchev–Trinajstić information content (AvgIpc) is 3.01. The number of fused-ring (bicyclic) bond motifs is 5. The van der Waals surface area contributed by atoms with E-state index in [1.54, 1.807) is 26.8 Å². The molecular weight excluding hydrogens is 451 g/mol. The van der Waals surface area contributed by atoms with E-state index in [4.69, 9.17) is 4.74 Å². The van der Waals surface area contributed by atoms with E-state index in [0.717, 1.165) is 0 Å². The second kappa shape index (κ2) is 8.07. The summed E-state index contributed by atoms with van der Waals surface area (Å²) in [6.07, 6.45) is 4.78. The van der Waals surface area contributed by atoms with Crippen molar-refractivity contribution < 1.29 is 33.7 Å². The van der Waals surface area contributed by atoms with E-state index in [1.165, 1.54) is 12.2 Å². The summed E-state index contributed by atoms with van der Waals surface area (Å²) in [7, 11) is 0. The van der Waals surface area contributed by atoms with E-state index in [2.05, 4.69) is 0 Å². The van der Waals surface area contributed by atoms with Crippen LogP contribution < -0.4 is 0 Å². The monoisotopic (exact) mass is 490 g/mol. The molecule has 0 aliphatic heterocycles. The molecule has 0 heterocycles. The van der Waals surface area contributed by atoms with E-state index in [9.17, 15) is 24.6 Å². The molecule has 0 spiro atoms. The zero-order valence-electron chi connectivity index (χ0n) is 21.7. The van der Waals surface area contributed by atoms with Gasteiger partial charge in [0.1, 0.15) is 6.61 Å². The molecular formula is C28H39FO6. The molecule has 35 heavy (non-hydrogen) atoms. The number of alkyl halides is 1. The van der Waals surface area contributed by atoms with Crippen LogP contribution >= 0.6 is 0 Å². The van der Waals surface area contributed by atoms with E-state index in [0.29, 0.717) is 31.3 Å². The van der Waals surface area contributed by atoms with Gasteiger partial charge < -0.3 is 14.9 Å². The predicted octanol–water partition coefficient (Wildman–Crippen LogP) is 3.88. The summed E-state index contributed by atoms with van der Waals surface area (Å²) in [5.74, 6) is -2.73. The third-order valence-corrected chi connectivity index (χ3v) is 10.4. The van der Waals surface area contributed by atoms with Crippen molar-refractivity contribution in [2.24, 2.45) is 34.0 Å². The average molecular weight is 491 g/mol. The van der Waals surface area contributed by atoms with E-state index < -0.39 is 63.8 Å².